The van der Waals surface area contributed by atoms with Crippen LogP contribution in [0.1, 0.15) is 84.0 Å². The molecule has 0 aromatic carbocycles. The van der Waals surface area contributed by atoms with Crippen molar-refractivity contribution in [3.8, 4) is 0 Å². The topological polar surface area (TPSA) is 37.3 Å². The van der Waals surface area contributed by atoms with Gasteiger partial charge in [-0.15, -0.1) is 0 Å². The molecule has 0 saturated heterocycles. The van der Waals surface area contributed by atoms with Crippen molar-refractivity contribution in [1.82, 2.24) is 0 Å². The van der Waals surface area contributed by atoms with Gasteiger partial charge in [-0.2, -0.15) is 0 Å². The van der Waals surface area contributed by atoms with E-state index in [0.29, 0.717) is 6.42 Å². The molecule has 1 saturated carbocycles. The number of allylic oxidation sites excluding steroid dienone is 4. The third kappa shape index (κ3) is 9.07. The Kier molecular flexibility index (Phi) is 10.8. The largest absolute Gasteiger partial charge is 0.481 e. The van der Waals surface area contributed by atoms with E-state index in [1.807, 2.05) is 6.08 Å². The Bertz CT molecular complexity index is 344. The number of hydrogen-bond donors (Lipinski definition) is 1. The van der Waals surface area contributed by atoms with Crippen molar-refractivity contribution >= 4 is 5.97 Å². The molecule has 0 unspecified atom stereocenters. The van der Waals surface area contributed by atoms with Gasteiger partial charge >= 0.3 is 5.97 Å². The number of carboxylic acid groups (broad SMARTS) is 1. The normalized spacial score (nSPS) is 22.0. The van der Waals surface area contributed by atoms with Gasteiger partial charge in [0.25, 0.3) is 0 Å². The van der Waals surface area contributed by atoms with E-state index in [0.717, 1.165) is 18.3 Å². The molecule has 1 aliphatic rings. The van der Waals surface area contributed by atoms with Crippen LogP contribution in [0.2, 0.25) is 0 Å². The Balaban J connectivity index is 2.14. The lowest BCUT2D eigenvalue weighted by Gasteiger charge is -2.15. The molecule has 126 valence electrons. The zero-order valence-electron chi connectivity index (χ0n) is 14.3. The first-order valence-electron chi connectivity index (χ1n) is 9.27. The van der Waals surface area contributed by atoms with E-state index >= 15 is 0 Å². The second-order valence-corrected chi connectivity index (χ2v) is 6.61. The van der Waals surface area contributed by atoms with Crippen molar-refractivity contribution in [2.75, 3.05) is 0 Å². The first-order chi connectivity index (χ1) is 10.7. The molecule has 0 heterocycles. The Morgan fingerprint density at radius 1 is 1.05 bits per heavy atom. The summed E-state index contributed by atoms with van der Waals surface area (Å²) in [6.45, 7) is 2.26. The summed E-state index contributed by atoms with van der Waals surface area (Å²) >= 11 is 0. The molecular weight excluding hydrogens is 272 g/mol. The highest BCUT2D eigenvalue weighted by Gasteiger charge is 2.23. The summed E-state index contributed by atoms with van der Waals surface area (Å²) in [5.41, 5.74) is 0. The van der Waals surface area contributed by atoms with Crippen LogP contribution in [0.15, 0.2) is 24.3 Å². The first kappa shape index (κ1) is 19.0. The molecule has 0 amide bonds. The molecule has 1 rings (SSSR count). The fourth-order valence-corrected chi connectivity index (χ4v) is 3.39. The summed E-state index contributed by atoms with van der Waals surface area (Å²) in [6.07, 6.45) is 23.1. The predicted octanol–water partition coefficient (Wildman–Crippen LogP) is 6.13. The van der Waals surface area contributed by atoms with Gasteiger partial charge in [-0.25, -0.2) is 0 Å². The number of carbonyl (C=O) groups is 1. The van der Waals surface area contributed by atoms with Crippen molar-refractivity contribution in [2.45, 2.75) is 84.0 Å². The fourth-order valence-electron chi connectivity index (χ4n) is 3.39. The lowest BCUT2D eigenvalue weighted by molar-refractivity contribution is -0.136. The van der Waals surface area contributed by atoms with Gasteiger partial charge in [0.15, 0.2) is 0 Å². The van der Waals surface area contributed by atoms with Crippen LogP contribution >= 0.6 is 0 Å². The Morgan fingerprint density at radius 3 is 2.64 bits per heavy atom. The number of unbranched alkanes of at least 4 members (excludes halogenated alkanes) is 4. The van der Waals surface area contributed by atoms with E-state index < -0.39 is 5.97 Å². The molecule has 0 bridgehead atoms. The zero-order valence-corrected chi connectivity index (χ0v) is 14.3. The minimum atomic E-state index is -0.704. The molecule has 22 heavy (non-hydrogen) atoms. The maximum Gasteiger partial charge on any atom is 0.303 e. The SMILES string of the molecule is CCCCCCC=C[C@H]1CCC[C@@H]1CCC=CCCC(=O)O. The Morgan fingerprint density at radius 2 is 1.86 bits per heavy atom. The lowest BCUT2D eigenvalue weighted by Crippen LogP contribution is -2.04. The molecule has 1 N–H and O–H groups in total. The predicted molar refractivity (Wildman–Crippen MR) is 94.0 cm³/mol. The van der Waals surface area contributed by atoms with Crippen molar-refractivity contribution in [3.63, 3.8) is 0 Å². The number of hydrogen-bond acceptors (Lipinski definition) is 1. The van der Waals surface area contributed by atoms with Gasteiger partial charge in [0.1, 0.15) is 0 Å². The lowest BCUT2D eigenvalue weighted by atomic mass is 9.91. The zero-order chi connectivity index (χ0) is 16.0. The highest BCUT2D eigenvalue weighted by Crippen LogP contribution is 2.36. The molecular formula is C20H34O2. The van der Waals surface area contributed by atoms with Crippen molar-refractivity contribution in [2.24, 2.45) is 11.8 Å². The minimum Gasteiger partial charge on any atom is -0.481 e. The summed E-state index contributed by atoms with van der Waals surface area (Å²) < 4.78 is 0. The second-order valence-electron chi connectivity index (χ2n) is 6.61. The molecule has 0 aromatic heterocycles. The van der Waals surface area contributed by atoms with Gasteiger partial charge in [-0.1, -0.05) is 56.9 Å². The fraction of sp³-hybridized carbons (Fsp3) is 0.750. The molecule has 2 heteroatoms. The summed E-state index contributed by atoms with van der Waals surface area (Å²) in [5, 5.41) is 8.59. The number of aliphatic carboxylic acids is 1. The highest BCUT2D eigenvalue weighted by molar-refractivity contribution is 5.66. The van der Waals surface area contributed by atoms with Gasteiger partial charge in [-0.3, -0.25) is 4.79 Å². The molecule has 2 nitrogen and oxygen atoms in total. The van der Waals surface area contributed by atoms with Gasteiger partial charge in [0.2, 0.25) is 0 Å². The molecule has 0 aromatic rings. The van der Waals surface area contributed by atoms with E-state index in [-0.39, 0.29) is 6.42 Å². The van der Waals surface area contributed by atoms with Gasteiger partial charge < -0.3 is 5.11 Å². The van der Waals surface area contributed by atoms with Crippen molar-refractivity contribution in [3.05, 3.63) is 24.3 Å². The van der Waals surface area contributed by atoms with Crippen molar-refractivity contribution < 1.29 is 9.90 Å². The van der Waals surface area contributed by atoms with E-state index in [9.17, 15) is 4.79 Å². The number of rotatable bonds is 12. The Hall–Kier alpha value is -1.05. The molecule has 1 aliphatic carbocycles. The molecule has 0 radical (unpaired) electrons. The standard InChI is InChI=1S/C20H34O2/c1-2-3-4-5-6-9-13-18-15-12-16-19(18)14-10-7-8-11-17-20(21)22/h7-9,13,18-19H,2-6,10-12,14-17H2,1H3,(H,21,22)/t18-,19-/m0/s1. The van der Waals surface area contributed by atoms with Crippen LogP contribution in [0.3, 0.4) is 0 Å². The maximum absolute atomic E-state index is 10.4. The van der Waals surface area contributed by atoms with Crippen LogP contribution in [0.5, 0.6) is 0 Å². The summed E-state index contributed by atoms with van der Waals surface area (Å²) in [6, 6.07) is 0. The summed E-state index contributed by atoms with van der Waals surface area (Å²) in [7, 11) is 0. The average molecular weight is 306 g/mol. The Labute approximate surface area is 136 Å². The van der Waals surface area contributed by atoms with E-state index in [1.165, 1.54) is 57.8 Å². The second kappa shape index (κ2) is 12.5. The van der Waals surface area contributed by atoms with E-state index in [1.54, 1.807) is 0 Å². The van der Waals surface area contributed by atoms with E-state index in [4.69, 9.17) is 5.11 Å². The minimum absolute atomic E-state index is 0.253. The van der Waals surface area contributed by atoms with Gasteiger partial charge in [0, 0.05) is 6.42 Å². The molecule has 0 aliphatic heterocycles. The smallest absolute Gasteiger partial charge is 0.303 e. The van der Waals surface area contributed by atoms with Crippen LogP contribution < -0.4 is 0 Å². The van der Waals surface area contributed by atoms with Crippen LogP contribution in [0, 0.1) is 11.8 Å². The monoisotopic (exact) mass is 306 g/mol. The summed E-state index contributed by atoms with van der Waals surface area (Å²) in [5.74, 6) is 0.930. The van der Waals surface area contributed by atoms with Crippen LogP contribution in [0.25, 0.3) is 0 Å². The first-order valence-corrected chi connectivity index (χ1v) is 9.27. The van der Waals surface area contributed by atoms with E-state index in [2.05, 4.69) is 25.2 Å². The van der Waals surface area contributed by atoms with Crippen LogP contribution in [0.4, 0.5) is 0 Å². The third-order valence-corrected chi connectivity index (χ3v) is 4.72. The van der Waals surface area contributed by atoms with Crippen LogP contribution in [-0.4, -0.2) is 11.1 Å². The van der Waals surface area contributed by atoms with Gasteiger partial charge in [-0.05, 0) is 56.8 Å². The highest BCUT2D eigenvalue weighted by atomic mass is 16.4. The van der Waals surface area contributed by atoms with Crippen molar-refractivity contribution in [1.29, 1.82) is 0 Å². The molecule has 2 atom stereocenters. The average Bonchev–Trinajstić information content (AvgIpc) is 2.93. The van der Waals surface area contributed by atoms with Crippen LogP contribution in [-0.2, 0) is 4.79 Å². The molecule has 1 fully saturated rings. The maximum atomic E-state index is 10.4. The quantitative estimate of drug-likeness (QED) is 0.348. The number of carboxylic acids is 1. The third-order valence-electron chi connectivity index (χ3n) is 4.72. The van der Waals surface area contributed by atoms with Gasteiger partial charge in [0.05, 0.1) is 0 Å². The molecule has 0 spiro atoms. The summed E-state index contributed by atoms with van der Waals surface area (Å²) in [4.78, 5) is 10.4.